The molecule has 1 aliphatic heterocycles. The summed E-state index contributed by atoms with van der Waals surface area (Å²) in [5.41, 5.74) is -0.158. The van der Waals surface area contributed by atoms with E-state index in [-0.39, 0.29) is 12.1 Å². The number of likely N-dealkylation sites (tertiary alicyclic amines) is 1. The standard InChI is InChI=1S/C15H33N3O/c1-13(2)16-15(3,12-19)7-9-18(5)11-14-6-8-17(4)10-14/h13-14,16,19H,6-12H2,1-5H3. The summed E-state index contributed by atoms with van der Waals surface area (Å²) in [6.07, 6.45) is 2.31. The summed E-state index contributed by atoms with van der Waals surface area (Å²) in [5, 5.41) is 13.1. The van der Waals surface area contributed by atoms with E-state index in [1.807, 2.05) is 0 Å². The molecule has 1 aliphatic rings. The topological polar surface area (TPSA) is 38.7 Å². The van der Waals surface area contributed by atoms with Crippen molar-refractivity contribution in [3.05, 3.63) is 0 Å². The highest BCUT2D eigenvalue weighted by molar-refractivity contribution is 4.85. The molecule has 19 heavy (non-hydrogen) atoms. The lowest BCUT2D eigenvalue weighted by Gasteiger charge is -2.33. The molecule has 0 radical (unpaired) electrons. The van der Waals surface area contributed by atoms with E-state index in [0.29, 0.717) is 6.04 Å². The Balaban J connectivity index is 2.29. The van der Waals surface area contributed by atoms with E-state index in [4.69, 9.17) is 0 Å². The molecule has 1 heterocycles. The van der Waals surface area contributed by atoms with Gasteiger partial charge >= 0.3 is 0 Å². The maximum Gasteiger partial charge on any atom is 0.0611 e. The van der Waals surface area contributed by atoms with Gasteiger partial charge in [-0.1, -0.05) is 13.8 Å². The molecule has 114 valence electrons. The third kappa shape index (κ3) is 6.21. The zero-order valence-corrected chi connectivity index (χ0v) is 13.4. The van der Waals surface area contributed by atoms with Gasteiger partial charge in [-0.25, -0.2) is 0 Å². The van der Waals surface area contributed by atoms with Crippen LogP contribution in [0.2, 0.25) is 0 Å². The Bertz CT molecular complexity index is 260. The largest absolute Gasteiger partial charge is 0.394 e. The van der Waals surface area contributed by atoms with Crippen LogP contribution >= 0.6 is 0 Å². The Morgan fingerprint density at radius 3 is 2.63 bits per heavy atom. The minimum Gasteiger partial charge on any atom is -0.394 e. The molecule has 0 aromatic rings. The first-order valence-electron chi connectivity index (χ1n) is 7.60. The Labute approximate surface area is 119 Å². The molecule has 0 amide bonds. The van der Waals surface area contributed by atoms with Gasteiger partial charge in [0.05, 0.1) is 6.61 Å². The first kappa shape index (κ1) is 16.9. The van der Waals surface area contributed by atoms with E-state index >= 15 is 0 Å². The SMILES string of the molecule is CC(C)NC(C)(CO)CCN(C)CC1CCN(C)C1. The monoisotopic (exact) mass is 271 g/mol. The van der Waals surface area contributed by atoms with Gasteiger partial charge in [0, 0.05) is 24.7 Å². The number of hydrogen-bond donors (Lipinski definition) is 2. The van der Waals surface area contributed by atoms with Crippen LogP contribution in [0.5, 0.6) is 0 Å². The van der Waals surface area contributed by atoms with Gasteiger partial charge in [0.2, 0.25) is 0 Å². The molecule has 2 atom stereocenters. The molecule has 1 fully saturated rings. The van der Waals surface area contributed by atoms with Crippen molar-refractivity contribution in [3.63, 3.8) is 0 Å². The average molecular weight is 271 g/mol. The van der Waals surface area contributed by atoms with E-state index in [2.05, 4.69) is 50.0 Å². The first-order valence-corrected chi connectivity index (χ1v) is 7.60. The summed E-state index contributed by atoms with van der Waals surface area (Å²) >= 11 is 0. The molecule has 4 nitrogen and oxygen atoms in total. The Kier molecular flexibility index (Phi) is 6.74. The third-order valence-corrected chi connectivity index (χ3v) is 4.09. The molecule has 1 saturated heterocycles. The van der Waals surface area contributed by atoms with E-state index < -0.39 is 0 Å². The van der Waals surface area contributed by atoms with Crippen LogP contribution in [0.3, 0.4) is 0 Å². The molecular formula is C15H33N3O. The van der Waals surface area contributed by atoms with Gasteiger partial charge < -0.3 is 20.2 Å². The fraction of sp³-hybridized carbons (Fsp3) is 1.00. The lowest BCUT2D eigenvalue weighted by molar-refractivity contribution is 0.140. The van der Waals surface area contributed by atoms with Gasteiger partial charge in [0.25, 0.3) is 0 Å². The maximum atomic E-state index is 9.58. The van der Waals surface area contributed by atoms with Crippen LogP contribution in [0.1, 0.15) is 33.6 Å². The molecule has 2 unspecified atom stereocenters. The third-order valence-electron chi connectivity index (χ3n) is 4.09. The molecule has 0 aliphatic carbocycles. The van der Waals surface area contributed by atoms with Gasteiger partial charge in [-0.15, -0.1) is 0 Å². The van der Waals surface area contributed by atoms with Crippen molar-refractivity contribution in [3.8, 4) is 0 Å². The average Bonchev–Trinajstić information content (AvgIpc) is 2.71. The van der Waals surface area contributed by atoms with Crippen molar-refractivity contribution >= 4 is 0 Å². The summed E-state index contributed by atoms with van der Waals surface area (Å²) in [4.78, 5) is 4.83. The lowest BCUT2D eigenvalue weighted by atomic mass is 9.97. The quantitative estimate of drug-likeness (QED) is 0.691. The van der Waals surface area contributed by atoms with Crippen molar-refractivity contribution < 1.29 is 5.11 Å². The number of nitrogens with one attached hydrogen (secondary N) is 1. The number of hydrogen-bond acceptors (Lipinski definition) is 4. The van der Waals surface area contributed by atoms with Crippen LogP contribution in [0.4, 0.5) is 0 Å². The van der Waals surface area contributed by atoms with Crippen LogP contribution in [-0.4, -0.2) is 73.4 Å². The number of rotatable bonds is 8. The zero-order valence-electron chi connectivity index (χ0n) is 13.4. The molecule has 2 N–H and O–H groups in total. The van der Waals surface area contributed by atoms with Crippen LogP contribution in [0, 0.1) is 5.92 Å². The fourth-order valence-corrected chi connectivity index (χ4v) is 3.04. The number of aliphatic hydroxyl groups excluding tert-OH is 1. The molecule has 0 saturated carbocycles. The minimum absolute atomic E-state index is 0.158. The van der Waals surface area contributed by atoms with Crippen molar-refractivity contribution in [2.75, 3.05) is 46.9 Å². The van der Waals surface area contributed by atoms with Crippen LogP contribution in [0.15, 0.2) is 0 Å². The predicted octanol–water partition coefficient (Wildman–Crippen LogP) is 1.01. The highest BCUT2D eigenvalue weighted by Crippen LogP contribution is 2.16. The van der Waals surface area contributed by atoms with Crippen LogP contribution < -0.4 is 5.32 Å². The Morgan fingerprint density at radius 2 is 2.16 bits per heavy atom. The number of nitrogens with zero attached hydrogens (tertiary/aromatic N) is 2. The fourth-order valence-electron chi connectivity index (χ4n) is 3.04. The van der Waals surface area contributed by atoms with E-state index in [1.54, 1.807) is 0 Å². The summed E-state index contributed by atoms with van der Waals surface area (Å²) < 4.78 is 0. The van der Waals surface area contributed by atoms with Crippen molar-refractivity contribution in [1.82, 2.24) is 15.1 Å². The second-order valence-corrected chi connectivity index (χ2v) is 6.95. The zero-order chi connectivity index (χ0) is 14.5. The second kappa shape index (κ2) is 7.58. The smallest absolute Gasteiger partial charge is 0.0611 e. The van der Waals surface area contributed by atoms with Gasteiger partial charge in [-0.2, -0.15) is 0 Å². The summed E-state index contributed by atoms with van der Waals surface area (Å²) in [6.45, 7) is 11.3. The first-order chi connectivity index (χ1) is 8.84. The highest BCUT2D eigenvalue weighted by Gasteiger charge is 2.25. The van der Waals surface area contributed by atoms with Crippen molar-refractivity contribution in [2.24, 2.45) is 5.92 Å². The maximum absolute atomic E-state index is 9.58. The number of aliphatic hydroxyl groups is 1. The molecular weight excluding hydrogens is 238 g/mol. The van der Waals surface area contributed by atoms with Gasteiger partial charge in [-0.05, 0) is 52.9 Å². The van der Waals surface area contributed by atoms with Gasteiger partial charge in [0.15, 0.2) is 0 Å². The summed E-state index contributed by atoms with van der Waals surface area (Å²) in [7, 11) is 4.40. The minimum atomic E-state index is -0.158. The van der Waals surface area contributed by atoms with Crippen LogP contribution in [-0.2, 0) is 0 Å². The predicted molar refractivity (Wildman–Crippen MR) is 81.5 cm³/mol. The molecule has 0 bridgehead atoms. The second-order valence-electron chi connectivity index (χ2n) is 6.95. The van der Waals surface area contributed by atoms with Crippen molar-refractivity contribution in [2.45, 2.75) is 45.2 Å². The van der Waals surface area contributed by atoms with Gasteiger partial charge in [-0.3, -0.25) is 0 Å². The van der Waals surface area contributed by atoms with Crippen LogP contribution in [0.25, 0.3) is 0 Å². The molecule has 1 rings (SSSR count). The molecule has 4 heteroatoms. The van der Waals surface area contributed by atoms with Gasteiger partial charge in [0.1, 0.15) is 0 Å². The highest BCUT2D eigenvalue weighted by atomic mass is 16.3. The lowest BCUT2D eigenvalue weighted by Crippen LogP contribution is -2.50. The Hall–Kier alpha value is -0.160. The molecule has 0 aromatic heterocycles. The van der Waals surface area contributed by atoms with E-state index in [1.165, 1.54) is 26.1 Å². The summed E-state index contributed by atoms with van der Waals surface area (Å²) in [5.74, 6) is 0.813. The normalized spacial score (nSPS) is 24.3. The molecule has 0 spiro atoms. The van der Waals surface area contributed by atoms with Crippen molar-refractivity contribution in [1.29, 1.82) is 0 Å². The van der Waals surface area contributed by atoms with E-state index in [9.17, 15) is 5.11 Å². The van der Waals surface area contributed by atoms with E-state index in [0.717, 1.165) is 18.9 Å². The Morgan fingerprint density at radius 1 is 1.47 bits per heavy atom. The molecule has 0 aromatic carbocycles. The summed E-state index contributed by atoms with van der Waals surface area (Å²) in [6, 6.07) is 0.408.